The molecule has 0 amide bonds. The van der Waals surface area contributed by atoms with Gasteiger partial charge in [0.25, 0.3) is 0 Å². The molecule has 0 saturated heterocycles. The van der Waals surface area contributed by atoms with Gasteiger partial charge in [-0.3, -0.25) is 0 Å². The van der Waals surface area contributed by atoms with Crippen LogP contribution in [0.15, 0.2) is 42.5 Å². The predicted molar refractivity (Wildman–Crippen MR) is 87.2 cm³/mol. The molecule has 0 fully saturated rings. The third-order valence-corrected chi connectivity index (χ3v) is 3.74. The van der Waals surface area contributed by atoms with Crippen LogP contribution >= 0.6 is 0 Å². The molecule has 1 atom stereocenters. The van der Waals surface area contributed by atoms with Gasteiger partial charge in [0.15, 0.2) is 0 Å². The Morgan fingerprint density at radius 2 is 1.75 bits per heavy atom. The van der Waals surface area contributed by atoms with E-state index in [1.165, 1.54) is 22.3 Å². The molecule has 1 unspecified atom stereocenters. The van der Waals surface area contributed by atoms with E-state index in [2.05, 4.69) is 68.6 Å². The summed E-state index contributed by atoms with van der Waals surface area (Å²) in [4.78, 5) is 0. The van der Waals surface area contributed by atoms with Crippen LogP contribution in [0.5, 0.6) is 0 Å². The first-order valence-electron chi connectivity index (χ1n) is 7.26. The Kier molecular flexibility index (Phi) is 4.80. The summed E-state index contributed by atoms with van der Waals surface area (Å²) >= 11 is 0. The van der Waals surface area contributed by atoms with Gasteiger partial charge in [0.2, 0.25) is 0 Å². The number of benzene rings is 2. The molecular weight excluding hydrogens is 244 g/mol. The molecule has 2 nitrogen and oxygen atoms in total. The zero-order valence-corrected chi connectivity index (χ0v) is 12.6. The number of aryl methyl sites for hydroxylation is 3. The number of nitrogens with one attached hydrogen (secondary N) is 1. The van der Waals surface area contributed by atoms with Crippen molar-refractivity contribution in [3.8, 4) is 0 Å². The van der Waals surface area contributed by atoms with E-state index >= 15 is 0 Å². The Hall–Kier alpha value is -1.80. The van der Waals surface area contributed by atoms with Gasteiger partial charge in [0.1, 0.15) is 0 Å². The fourth-order valence-corrected chi connectivity index (χ4v) is 2.43. The topological polar surface area (TPSA) is 38.0 Å². The lowest BCUT2D eigenvalue weighted by atomic mass is 10.0. The van der Waals surface area contributed by atoms with Crippen molar-refractivity contribution in [2.75, 3.05) is 11.9 Å². The highest BCUT2D eigenvalue weighted by Gasteiger charge is 2.10. The van der Waals surface area contributed by atoms with Crippen molar-refractivity contribution in [3.63, 3.8) is 0 Å². The summed E-state index contributed by atoms with van der Waals surface area (Å²) in [6.45, 7) is 6.99. The van der Waals surface area contributed by atoms with Gasteiger partial charge in [-0.05, 0) is 43.0 Å². The summed E-state index contributed by atoms with van der Waals surface area (Å²) in [5, 5.41) is 3.55. The van der Waals surface area contributed by atoms with Crippen LogP contribution in [0.4, 0.5) is 5.69 Å². The maximum Gasteiger partial charge on any atom is 0.0636 e. The van der Waals surface area contributed by atoms with Gasteiger partial charge >= 0.3 is 0 Å². The van der Waals surface area contributed by atoms with E-state index < -0.39 is 0 Å². The van der Waals surface area contributed by atoms with Crippen molar-refractivity contribution in [3.05, 3.63) is 64.7 Å². The fourth-order valence-electron chi connectivity index (χ4n) is 2.43. The first kappa shape index (κ1) is 14.6. The van der Waals surface area contributed by atoms with Gasteiger partial charge < -0.3 is 11.1 Å². The molecule has 0 saturated carbocycles. The molecule has 2 heteroatoms. The van der Waals surface area contributed by atoms with Crippen LogP contribution in [-0.4, -0.2) is 6.54 Å². The van der Waals surface area contributed by atoms with Crippen LogP contribution in [0.1, 0.15) is 35.2 Å². The van der Waals surface area contributed by atoms with Crippen molar-refractivity contribution in [2.24, 2.45) is 5.73 Å². The van der Waals surface area contributed by atoms with Gasteiger partial charge in [0, 0.05) is 12.2 Å². The molecular formula is C18H24N2. The van der Waals surface area contributed by atoms with E-state index in [0.717, 1.165) is 12.1 Å². The molecule has 2 aromatic carbocycles. The Bertz CT molecular complexity index is 558. The van der Waals surface area contributed by atoms with E-state index in [1.807, 2.05) is 0 Å². The van der Waals surface area contributed by atoms with Crippen LogP contribution in [0, 0.1) is 13.8 Å². The fraction of sp³-hybridized carbons (Fsp3) is 0.333. The Balaban J connectivity index is 2.19. The second-order valence-corrected chi connectivity index (χ2v) is 5.35. The van der Waals surface area contributed by atoms with Crippen LogP contribution in [0.3, 0.4) is 0 Å². The summed E-state index contributed by atoms with van der Waals surface area (Å²) in [5.74, 6) is 0. The normalized spacial score (nSPS) is 12.2. The molecule has 0 bridgehead atoms. The van der Waals surface area contributed by atoms with Gasteiger partial charge in [-0.25, -0.2) is 0 Å². The molecule has 0 heterocycles. The van der Waals surface area contributed by atoms with Crippen LogP contribution in [-0.2, 0) is 6.42 Å². The minimum absolute atomic E-state index is 0.155. The number of rotatable bonds is 5. The second-order valence-electron chi connectivity index (χ2n) is 5.35. The van der Waals surface area contributed by atoms with Gasteiger partial charge in [-0.15, -0.1) is 0 Å². The predicted octanol–water partition coefficient (Wildman–Crippen LogP) is 3.98. The lowest BCUT2D eigenvalue weighted by Gasteiger charge is -2.20. The highest BCUT2D eigenvalue weighted by atomic mass is 14.9. The van der Waals surface area contributed by atoms with Crippen LogP contribution < -0.4 is 11.1 Å². The minimum Gasteiger partial charge on any atom is -0.377 e. The number of hydrogen-bond acceptors (Lipinski definition) is 2. The first-order chi connectivity index (χ1) is 9.63. The summed E-state index contributed by atoms with van der Waals surface area (Å²) in [5.41, 5.74) is 12.2. The highest BCUT2D eigenvalue weighted by molar-refractivity contribution is 5.53. The summed E-state index contributed by atoms with van der Waals surface area (Å²) < 4.78 is 0. The van der Waals surface area contributed by atoms with E-state index in [9.17, 15) is 0 Å². The molecule has 0 aliphatic carbocycles. The molecule has 0 spiro atoms. The lowest BCUT2D eigenvalue weighted by molar-refractivity contribution is 0.788. The van der Waals surface area contributed by atoms with E-state index in [0.29, 0.717) is 6.54 Å². The summed E-state index contributed by atoms with van der Waals surface area (Å²) in [7, 11) is 0. The van der Waals surface area contributed by atoms with Crippen molar-refractivity contribution in [2.45, 2.75) is 33.2 Å². The number of nitrogens with two attached hydrogens (primary N) is 1. The zero-order chi connectivity index (χ0) is 14.5. The summed E-state index contributed by atoms with van der Waals surface area (Å²) in [6, 6.07) is 15.3. The molecule has 106 valence electrons. The third-order valence-electron chi connectivity index (χ3n) is 3.74. The Labute approximate surface area is 122 Å². The molecule has 3 N–H and O–H groups in total. The van der Waals surface area contributed by atoms with E-state index in [1.54, 1.807) is 0 Å². The van der Waals surface area contributed by atoms with Crippen LogP contribution in [0.25, 0.3) is 0 Å². The largest absolute Gasteiger partial charge is 0.377 e. The van der Waals surface area contributed by atoms with Crippen LogP contribution in [0.2, 0.25) is 0 Å². The van der Waals surface area contributed by atoms with E-state index in [-0.39, 0.29) is 6.04 Å². The molecule has 0 aliphatic rings. The molecule has 20 heavy (non-hydrogen) atoms. The van der Waals surface area contributed by atoms with Crippen molar-refractivity contribution in [1.82, 2.24) is 0 Å². The first-order valence-corrected chi connectivity index (χ1v) is 7.26. The quantitative estimate of drug-likeness (QED) is 0.861. The van der Waals surface area contributed by atoms with Crippen molar-refractivity contribution < 1.29 is 0 Å². The maximum atomic E-state index is 5.94. The average molecular weight is 268 g/mol. The standard InChI is InChI=1S/C18H24N2/c1-4-15-6-8-16(9-7-15)18(12-19)20-17-10-5-13(2)11-14(17)3/h5-11,18,20H,4,12,19H2,1-3H3. The third kappa shape index (κ3) is 3.40. The number of hydrogen-bond donors (Lipinski definition) is 2. The second kappa shape index (κ2) is 6.58. The smallest absolute Gasteiger partial charge is 0.0636 e. The average Bonchev–Trinajstić information content (AvgIpc) is 2.47. The minimum atomic E-state index is 0.155. The Morgan fingerprint density at radius 3 is 2.30 bits per heavy atom. The monoisotopic (exact) mass is 268 g/mol. The number of anilines is 1. The SMILES string of the molecule is CCc1ccc(C(CN)Nc2ccc(C)cc2C)cc1. The van der Waals surface area contributed by atoms with E-state index in [4.69, 9.17) is 5.73 Å². The summed E-state index contributed by atoms with van der Waals surface area (Å²) in [6.07, 6.45) is 1.07. The molecule has 2 aromatic rings. The van der Waals surface area contributed by atoms with Gasteiger partial charge in [-0.1, -0.05) is 48.9 Å². The molecule has 0 radical (unpaired) electrons. The van der Waals surface area contributed by atoms with Gasteiger partial charge in [0.05, 0.1) is 6.04 Å². The molecule has 0 aromatic heterocycles. The zero-order valence-electron chi connectivity index (χ0n) is 12.6. The molecule has 2 rings (SSSR count). The lowest BCUT2D eigenvalue weighted by Crippen LogP contribution is -2.21. The highest BCUT2D eigenvalue weighted by Crippen LogP contribution is 2.23. The van der Waals surface area contributed by atoms with Crippen molar-refractivity contribution >= 4 is 5.69 Å². The van der Waals surface area contributed by atoms with Crippen molar-refractivity contribution in [1.29, 1.82) is 0 Å². The van der Waals surface area contributed by atoms with Gasteiger partial charge in [-0.2, -0.15) is 0 Å². The Morgan fingerprint density at radius 1 is 1.05 bits per heavy atom. The molecule has 0 aliphatic heterocycles. The maximum absolute atomic E-state index is 5.94.